The van der Waals surface area contributed by atoms with Crippen molar-refractivity contribution in [2.45, 2.75) is 39.3 Å². The van der Waals surface area contributed by atoms with Crippen LogP contribution in [0.2, 0.25) is 0 Å². The number of hydrogen-bond donors (Lipinski definition) is 2. The van der Waals surface area contributed by atoms with E-state index in [-0.39, 0.29) is 18.6 Å². The summed E-state index contributed by atoms with van der Waals surface area (Å²) in [5.41, 5.74) is 2.97. The van der Waals surface area contributed by atoms with E-state index in [0.717, 1.165) is 22.4 Å². The minimum Gasteiger partial charge on any atom is -0.496 e. The van der Waals surface area contributed by atoms with Crippen LogP contribution in [0.5, 0.6) is 5.75 Å². The van der Waals surface area contributed by atoms with E-state index < -0.39 is 6.09 Å². The Morgan fingerprint density at radius 3 is 2.50 bits per heavy atom. The first kappa shape index (κ1) is 21.3. The lowest BCUT2D eigenvalue weighted by Gasteiger charge is -2.20. The molecule has 150 valence electrons. The molecular weight excluding hydrogens is 356 g/mol. The van der Waals surface area contributed by atoms with Crippen LogP contribution in [0.15, 0.2) is 48.5 Å². The second kappa shape index (κ2) is 11.0. The van der Waals surface area contributed by atoms with Gasteiger partial charge in [0, 0.05) is 13.5 Å². The van der Waals surface area contributed by atoms with Crippen molar-refractivity contribution in [1.82, 2.24) is 10.6 Å². The van der Waals surface area contributed by atoms with E-state index in [4.69, 9.17) is 9.47 Å². The van der Waals surface area contributed by atoms with Gasteiger partial charge in [0.15, 0.2) is 0 Å². The van der Waals surface area contributed by atoms with E-state index in [1.165, 1.54) is 6.92 Å². The van der Waals surface area contributed by atoms with Crippen molar-refractivity contribution in [2.75, 3.05) is 13.7 Å². The van der Waals surface area contributed by atoms with Gasteiger partial charge in [-0.3, -0.25) is 4.79 Å². The second-order valence-electron chi connectivity index (χ2n) is 6.61. The number of aryl methyl sites for hydroxylation is 1. The highest BCUT2D eigenvalue weighted by Crippen LogP contribution is 2.25. The largest absolute Gasteiger partial charge is 0.496 e. The Morgan fingerprint density at radius 2 is 1.86 bits per heavy atom. The molecule has 0 heterocycles. The highest BCUT2D eigenvalue weighted by atomic mass is 16.5. The van der Waals surface area contributed by atoms with Crippen LogP contribution >= 0.6 is 0 Å². The second-order valence-corrected chi connectivity index (χ2v) is 6.61. The van der Waals surface area contributed by atoms with Gasteiger partial charge in [0.25, 0.3) is 0 Å². The number of methoxy groups -OCH3 is 1. The number of alkyl carbamates (subject to hydrolysis) is 1. The van der Waals surface area contributed by atoms with Gasteiger partial charge in [-0.1, -0.05) is 42.5 Å². The van der Waals surface area contributed by atoms with Gasteiger partial charge in [0.1, 0.15) is 12.4 Å². The van der Waals surface area contributed by atoms with Crippen molar-refractivity contribution in [3.8, 4) is 5.75 Å². The molecule has 0 saturated carbocycles. The molecule has 0 radical (unpaired) electrons. The summed E-state index contributed by atoms with van der Waals surface area (Å²) in [7, 11) is 1.63. The van der Waals surface area contributed by atoms with Gasteiger partial charge in [-0.05, 0) is 42.5 Å². The summed E-state index contributed by atoms with van der Waals surface area (Å²) in [6, 6.07) is 15.3. The van der Waals surface area contributed by atoms with Crippen LogP contribution in [0.3, 0.4) is 0 Å². The number of ether oxygens (including phenoxy) is 2. The maximum Gasteiger partial charge on any atom is 0.407 e. The molecule has 28 heavy (non-hydrogen) atoms. The van der Waals surface area contributed by atoms with Crippen LogP contribution in [0.4, 0.5) is 4.79 Å². The van der Waals surface area contributed by atoms with E-state index in [2.05, 4.69) is 10.6 Å². The topological polar surface area (TPSA) is 76.7 Å². The Bertz CT molecular complexity index is 777. The molecule has 2 N–H and O–H groups in total. The third-order valence-corrected chi connectivity index (χ3v) is 4.35. The van der Waals surface area contributed by atoms with Crippen LogP contribution in [-0.2, 0) is 16.1 Å². The zero-order chi connectivity index (χ0) is 20.4. The number of carbonyl (C=O) groups is 2. The fraction of sp³-hybridized carbons (Fsp3) is 0.364. The lowest BCUT2D eigenvalue weighted by molar-refractivity contribution is -0.119. The first-order valence-corrected chi connectivity index (χ1v) is 9.35. The van der Waals surface area contributed by atoms with Crippen molar-refractivity contribution in [3.63, 3.8) is 0 Å². The summed E-state index contributed by atoms with van der Waals surface area (Å²) in [6.07, 6.45) is 0.959. The molecule has 0 aliphatic carbocycles. The third-order valence-electron chi connectivity index (χ3n) is 4.35. The summed E-state index contributed by atoms with van der Waals surface area (Å²) in [5, 5.41) is 5.72. The summed E-state index contributed by atoms with van der Waals surface area (Å²) >= 11 is 0. The SMILES string of the molecule is COc1ccc([C@@H](CCCNC(=O)OCc2ccccc2)NC(C)=O)cc1C. The van der Waals surface area contributed by atoms with Crippen molar-refractivity contribution >= 4 is 12.0 Å². The van der Waals surface area contributed by atoms with Gasteiger partial charge < -0.3 is 20.1 Å². The monoisotopic (exact) mass is 384 g/mol. The number of nitrogens with one attached hydrogen (secondary N) is 2. The van der Waals surface area contributed by atoms with Gasteiger partial charge in [0.05, 0.1) is 13.2 Å². The quantitative estimate of drug-likeness (QED) is 0.643. The maximum absolute atomic E-state index is 11.8. The van der Waals surface area contributed by atoms with Crippen molar-refractivity contribution in [2.24, 2.45) is 0 Å². The Morgan fingerprint density at radius 1 is 1.11 bits per heavy atom. The molecule has 2 rings (SSSR count). The molecule has 0 saturated heterocycles. The zero-order valence-electron chi connectivity index (χ0n) is 16.7. The average Bonchev–Trinajstić information content (AvgIpc) is 2.69. The summed E-state index contributed by atoms with van der Waals surface area (Å²) in [4.78, 5) is 23.4. The molecule has 0 unspecified atom stereocenters. The molecule has 2 aromatic rings. The first-order chi connectivity index (χ1) is 13.5. The molecule has 0 aromatic heterocycles. The Balaban J connectivity index is 1.80. The maximum atomic E-state index is 11.8. The van der Waals surface area contributed by atoms with Crippen LogP contribution in [-0.4, -0.2) is 25.7 Å². The zero-order valence-corrected chi connectivity index (χ0v) is 16.7. The van der Waals surface area contributed by atoms with E-state index in [1.54, 1.807) is 7.11 Å². The van der Waals surface area contributed by atoms with E-state index >= 15 is 0 Å². The molecule has 0 spiro atoms. The van der Waals surface area contributed by atoms with Crippen molar-refractivity contribution in [3.05, 3.63) is 65.2 Å². The third kappa shape index (κ3) is 6.95. The minimum atomic E-state index is -0.444. The van der Waals surface area contributed by atoms with Gasteiger partial charge in [0.2, 0.25) is 5.91 Å². The lowest BCUT2D eigenvalue weighted by Crippen LogP contribution is -2.29. The lowest BCUT2D eigenvalue weighted by atomic mass is 9.99. The number of carbonyl (C=O) groups excluding carboxylic acids is 2. The van der Waals surface area contributed by atoms with Gasteiger partial charge >= 0.3 is 6.09 Å². The fourth-order valence-electron chi connectivity index (χ4n) is 2.96. The molecular formula is C22H28N2O4. The Kier molecular flexibility index (Phi) is 8.34. The minimum absolute atomic E-state index is 0.0892. The molecule has 0 bridgehead atoms. The first-order valence-electron chi connectivity index (χ1n) is 9.35. The highest BCUT2D eigenvalue weighted by molar-refractivity contribution is 5.73. The normalized spacial score (nSPS) is 11.4. The number of benzene rings is 2. The molecule has 6 nitrogen and oxygen atoms in total. The van der Waals surface area contributed by atoms with Gasteiger partial charge in [-0.25, -0.2) is 4.79 Å². The van der Waals surface area contributed by atoms with Crippen LogP contribution in [0, 0.1) is 6.92 Å². The van der Waals surface area contributed by atoms with Gasteiger partial charge in [-0.15, -0.1) is 0 Å². The number of hydrogen-bond acceptors (Lipinski definition) is 4. The summed E-state index contributed by atoms with van der Waals surface area (Å²) in [6.45, 7) is 4.19. The molecule has 1 atom stereocenters. The van der Waals surface area contributed by atoms with Crippen LogP contribution < -0.4 is 15.4 Å². The Labute approximate surface area is 166 Å². The molecule has 2 amide bonds. The summed E-state index contributed by atoms with van der Waals surface area (Å²) < 4.78 is 10.5. The Hall–Kier alpha value is -3.02. The van der Waals surface area contributed by atoms with E-state index in [1.807, 2.05) is 55.5 Å². The highest BCUT2D eigenvalue weighted by Gasteiger charge is 2.14. The van der Waals surface area contributed by atoms with Crippen LogP contribution in [0.1, 0.15) is 42.5 Å². The molecule has 2 aromatic carbocycles. The van der Waals surface area contributed by atoms with Gasteiger partial charge in [-0.2, -0.15) is 0 Å². The summed E-state index contributed by atoms with van der Waals surface area (Å²) in [5.74, 6) is 0.724. The number of rotatable bonds is 9. The smallest absolute Gasteiger partial charge is 0.407 e. The van der Waals surface area contributed by atoms with E-state index in [0.29, 0.717) is 19.4 Å². The molecule has 0 aliphatic rings. The van der Waals surface area contributed by atoms with E-state index in [9.17, 15) is 9.59 Å². The molecule has 6 heteroatoms. The predicted octanol–water partition coefficient (Wildman–Crippen LogP) is 3.89. The standard InChI is InChI=1S/C22H28N2O4/c1-16-14-19(11-12-21(16)27-3)20(24-17(2)25)10-7-13-23-22(26)28-15-18-8-5-4-6-9-18/h4-6,8-9,11-12,14,20H,7,10,13,15H2,1-3H3,(H,23,26)(H,24,25)/t20-/m1/s1. The average molecular weight is 384 g/mol. The fourth-order valence-corrected chi connectivity index (χ4v) is 2.96. The molecule has 0 aliphatic heterocycles. The van der Waals surface area contributed by atoms with Crippen LogP contribution in [0.25, 0.3) is 0 Å². The predicted molar refractivity (Wildman–Crippen MR) is 108 cm³/mol. The molecule has 0 fully saturated rings. The van der Waals surface area contributed by atoms with Crippen molar-refractivity contribution < 1.29 is 19.1 Å². The number of amides is 2. The van der Waals surface area contributed by atoms with Crippen molar-refractivity contribution in [1.29, 1.82) is 0 Å².